The molecule has 7 heteroatoms. The molecule has 0 amide bonds. The average Bonchev–Trinajstić information content (AvgIpc) is 3.15. The summed E-state index contributed by atoms with van der Waals surface area (Å²) in [6, 6.07) is 16.5. The molecule has 0 bridgehead atoms. The second-order valence-corrected chi connectivity index (χ2v) is 8.25. The SMILES string of the molecule is Cc1cccc(CNCc2cn(Cc3ccc(F)cc3)c3cnc4c(=O)n(O)ccc4c23)c1. The molecule has 33 heavy (non-hydrogen) atoms. The molecule has 0 saturated carbocycles. The van der Waals surface area contributed by atoms with E-state index in [1.165, 1.54) is 29.5 Å². The molecule has 3 heterocycles. The van der Waals surface area contributed by atoms with Gasteiger partial charge in [0.15, 0.2) is 0 Å². The van der Waals surface area contributed by atoms with Crippen LogP contribution in [0.15, 0.2) is 78.0 Å². The van der Waals surface area contributed by atoms with Gasteiger partial charge in [-0.15, -0.1) is 0 Å². The minimum atomic E-state index is -0.556. The number of pyridine rings is 2. The van der Waals surface area contributed by atoms with Crippen molar-refractivity contribution in [3.05, 3.63) is 112 Å². The summed E-state index contributed by atoms with van der Waals surface area (Å²) in [5.74, 6) is -0.273. The summed E-state index contributed by atoms with van der Waals surface area (Å²) in [5, 5.41) is 14.9. The highest BCUT2D eigenvalue weighted by Crippen LogP contribution is 2.28. The second-order valence-electron chi connectivity index (χ2n) is 8.25. The number of nitrogens with one attached hydrogen (secondary N) is 1. The predicted molar refractivity (Wildman–Crippen MR) is 126 cm³/mol. The third kappa shape index (κ3) is 4.10. The van der Waals surface area contributed by atoms with Gasteiger partial charge in [-0.05, 0) is 41.8 Å². The van der Waals surface area contributed by atoms with E-state index in [1.54, 1.807) is 24.4 Å². The zero-order valence-corrected chi connectivity index (χ0v) is 18.1. The fourth-order valence-corrected chi connectivity index (χ4v) is 4.26. The Balaban J connectivity index is 1.56. The van der Waals surface area contributed by atoms with Crippen molar-refractivity contribution in [3.63, 3.8) is 0 Å². The highest BCUT2D eigenvalue weighted by atomic mass is 19.1. The fourth-order valence-electron chi connectivity index (χ4n) is 4.26. The first-order chi connectivity index (χ1) is 16.0. The molecular formula is C26H23FN4O2. The van der Waals surface area contributed by atoms with E-state index in [9.17, 15) is 14.4 Å². The lowest BCUT2D eigenvalue weighted by molar-refractivity contribution is 0.176. The van der Waals surface area contributed by atoms with Gasteiger partial charge in [-0.1, -0.05) is 42.0 Å². The molecule has 5 rings (SSSR count). The minimum Gasteiger partial charge on any atom is -0.425 e. The number of nitrogens with zero attached hydrogens (tertiary/aromatic N) is 3. The van der Waals surface area contributed by atoms with Crippen molar-refractivity contribution >= 4 is 21.8 Å². The molecular weight excluding hydrogens is 419 g/mol. The number of benzene rings is 2. The van der Waals surface area contributed by atoms with Crippen LogP contribution >= 0.6 is 0 Å². The normalized spacial score (nSPS) is 11.5. The second kappa shape index (κ2) is 8.52. The molecule has 0 atom stereocenters. The van der Waals surface area contributed by atoms with Gasteiger partial charge in [0.25, 0.3) is 0 Å². The van der Waals surface area contributed by atoms with E-state index in [1.807, 2.05) is 12.3 Å². The maximum absolute atomic E-state index is 13.4. The quantitative estimate of drug-likeness (QED) is 0.383. The van der Waals surface area contributed by atoms with Crippen LogP contribution in [0, 0.1) is 12.7 Å². The molecule has 0 unspecified atom stereocenters. The minimum absolute atomic E-state index is 0.215. The van der Waals surface area contributed by atoms with E-state index in [-0.39, 0.29) is 11.3 Å². The lowest BCUT2D eigenvalue weighted by Crippen LogP contribution is -2.17. The number of aromatic nitrogens is 3. The summed E-state index contributed by atoms with van der Waals surface area (Å²) in [5.41, 5.74) is 4.91. The first-order valence-corrected chi connectivity index (χ1v) is 10.7. The van der Waals surface area contributed by atoms with Gasteiger partial charge in [-0.25, -0.2) is 9.37 Å². The molecule has 5 aromatic rings. The van der Waals surface area contributed by atoms with Crippen LogP contribution in [0.2, 0.25) is 0 Å². The molecule has 2 aromatic carbocycles. The van der Waals surface area contributed by atoms with Crippen LogP contribution in [-0.2, 0) is 19.6 Å². The number of fused-ring (bicyclic) bond motifs is 3. The molecule has 0 saturated heterocycles. The summed E-state index contributed by atoms with van der Waals surface area (Å²) in [4.78, 5) is 16.8. The van der Waals surface area contributed by atoms with Gasteiger partial charge >= 0.3 is 5.56 Å². The monoisotopic (exact) mass is 442 g/mol. The van der Waals surface area contributed by atoms with Crippen LogP contribution in [0.3, 0.4) is 0 Å². The van der Waals surface area contributed by atoms with Gasteiger partial charge in [-0.3, -0.25) is 4.79 Å². The van der Waals surface area contributed by atoms with E-state index in [0.29, 0.717) is 29.8 Å². The Labute approximate surface area is 189 Å². The first-order valence-electron chi connectivity index (χ1n) is 10.7. The van der Waals surface area contributed by atoms with E-state index < -0.39 is 5.56 Å². The Bertz CT molecular complexity index is 1520. The van der Waals surface area contributed by atoms with Gasteiger partial charge in [0.2, 0.25) is 0 Å². The maximum atomic E-state index is 13.4. The Kier molecular flexibility index (Phi) is 5.40. The summed E-state index contributed by atoms with van der Waals surface area (Å²) >= 11 is 0. The average molecular weight is 442 g/mol. The third-order valence-electron chi connectivity index (χ3n) is 5.83. The largest absolute Gasteiger partial charge is 0.425 e. The lowest BCUT2D eigenvalue weighted by atomic mass is 10.1. The molecule has 0 spiro atoms. The maximum Gasteiger partial charge on any atom is 0.309 e. The molecule has 166 valence electrons. The van der Waals surface area contributed by atoms with Crippen molar-refractivity contribution in [3.8, 4) is 0 Å². The Hall–Kier alpha value is -3.97. The van der Waals surface area contributed by atoms with Crippen LogP contribution in [0.25, 0.3) is 21.8 Å². The number of halogens is 1. The molecule has 6 nitrogen and oxygen atoms in total. The highest BCUT2D eigenvalue weighted by Gasteiger charge is 2.15. The molecule has 0 fully saturated rings. The highest BCUT2D eigenvalue weighted by molar-refractivity contribution is 6.06. The van der Waals surface area contributed by atoms with Crippen LogP contribution in [0.4, 0.5) is 4.39 Å². The van der Waals surface area contributed by atoms with E-state index in [4.69, 9.17) is 0 Å². The smallest absolute Gasteiger partial charge is 0.309 e. The van der Waals surface area contributed by atoms with Crippen LogP contribution in [0.1, 0.15) is 22.3 Å². The van der Waals surface area contributed by atoms with Crippen molar-refractivity contribution in [2.24, 2.45) is 0 Å². The number of rotatable bonds is 6. The van der Waals surface area contributed by atoms with Crippen molar-refractivity contribution in [2.45, 2.75) is 26.6 Å². The fraction of sp³-hybridized carbons (Fsp3) is 0.154. The predicted octanol–water partition coefficient (Wildman–Crippen LogP) is 4.37. The van der Waals surface area contributed by atoms with Crippen molar-refractivity contribution in [1.82, 2.24) is 19.6 Å². The molecule has 0 aliphatic carbocycles. The van der Waals surface area contributed by atoms with Gasteiger partial charge < -0.3 is 15.1 Å². The molecule has 0 aliphatic rings. The van der Waals surface area contributed by atoms with Gasteiger partial charge in [0, 0.05) is 42.8 Å². The molecule has 0 radical (unpaired) electrons. The molecule has 3 aromatic heterocycles. The van der Waals surface area contributed by atoms with E-state index >= 15 is 0 Å². The lowest BCUT2D eigenvalue weighted by Gasteiger charge is -2.07. The van der Waals surface area contributed by atoms with Crippen molar-refractivity contribution in [1.29, 1.82) is 0 Å². The summed E-state index contributed by atoms with van der Waals surface area (Å²) in [6.45, 7) is 3.90. The van der Waals surface area contributed by atoms with Crippen molar-refractivity contribution < 1.29 is 9.60 Å². The Morgan fingerprint density at radius 3 is 2.67 bits per heavy atom. The standard InChI is InChI=1S/C26H23FN4O2/c1-17-3-2-4-19(11-17)12-28-13-20-16-30(15-18-5-7-21(27)8-6-18)23-14-29-25-22(24(20)23)9-10-31(33)26(25)32/h2-11,14,16,28,33H,12-13,15H2,1H3. The Morgan fingerprint density at radius 1 is 1.06 bits per heavy atom. The van der Waals surface area contributed by atoms with E-state index in [0.717, 1.165) is 22.0 Å². The van der Waals surface area contributed by atoms with Gasteiger partial charge in [0.1, 0.15) is 11.3 Å². The van der Waals surface area contributed by atoms with Gasteiger partial charge in [-0.2, -0.15) is 4.73 Å². The number of aryl methyl sites for hydroxylation is 1. The van der Waals surface area contributed by atoms with Crippen LogP contribution < -0.4 is 10.9 Å². The molecule has 0 aliphatic heterocycles. The van der Waals surface area contributed by atoms with Crippen molar-refractivity contribution in [2.75, 3.05) is 0 Å². The number of hydrogen-bond acceptors (Lipinski definition) is 4. The van der Waals surface area contributed by atoms with Crippen LogP contribution in [-0.4, -0.2) is 19.5 Å². The zero-order chi connectivity index (χ0) is 22.9. The zero-order valence-electron chi connectivity index (χ0n) is 18.1. The first kappa shape index (κ1) is 20.9. The van der Waals surface area contributed by atoms with Crippen LogP contribution in [0.5, 0.6) is 0 Å². The van der Waals surface area contributed by atoms with E-state index in [2.05, 4.69) is 40.0 Å². The van der Waals surface area contributed by atoms with Gasteiger partial charge in [0.05, 0.1) is 11.7 Å². The summed E-state index contributed by atoms with van der Waals surface area (Å²) in [7, 11) is 0. The number of hydrogen-bond donors (Lipinski definition) is 2. The third-order valence-corrected chi connectivity index (χ3v) is 5.83. The topological polar surface area (TPSA) is 72.1 Å². The summed E-state index contributed by atoms with van der Waals surface area (Å²) < 4.78 is 16.0. The Morgan fingerprint density at radius 2 is 1.88 bits per heavy atom. The molecule has 2 N–H and O–H groups in total. The summed E-state index contributed by atoms with van der Waals surface area (Å²) in [6.07, 6.45) is 5.04.